The summed E-state index contributed by atoms with van der Waals surface area (Å²) in [6.45, 7) is 5.70. The molecule has 1 aliphatic heterocycles. The Hall–Kier alpha value is -1.84. The first-order chi connectivity index (χ1) is 13.1. The molecule has 1 aromatic rings. The van der Waals surface area contributed by atoms with E-state index in [4.69, 9.17) is 0 Å². The zero-order valence-corrected chi connectivity index (χ0v) is 16.9. The van der Waals surface area contributed by atoms with Crippen molar-refractivity contribution in [2.75, 3.05) is 18.4 Å². The average Bonchev–Trinajstić information content (AvgIpc) is 2.74. The fourth-order valence-electron chi connectivity index (χ4n) is 4.60. The molecule has 1 saturated heterocycles. The monoisotopic (exact) mass is 370 g/mol. The molecule has 1 aliphatic carbocycles. The van der Waals surface area contributed by atoms with Gasteiger partial charge in [0.15, 0.2) is 0 Å². The summed E-state index contributed by atoms with van der Waals surface area (Å²) in [5.74, 6) is 0.691. The number of amides is 2. The van der Waals surface area contributed by atoms with Crippen LogP contribution in [0.5, 0.6) is 0 Å². The summed E-state index contributed by atoms with van der Waals surface area (Å²) in [6.07, 6.45) is 9.12. The van der Waals surface area contributed by atoms with Crippen molar-refractivity contribution in [2.45, 2.75) is 71.6 Å². The van der Waals surface area contributed by atoms with E-state index >= 15 is 0 Å². The number of carbonyl (C=O) groups is 2. The molecule has 0 spiro atoms. The fraction of sp³-hybridized carbons (Fsp3) is 0.652. The van der Waals surface area contributed by atoms with Crippen molar-refractivity contribution >= 4 is 17.5 Å². The Bertz CT molecular complexity index is 634. The first-order valence-corrected chi connectivity index (χ1v) is 10.8. The quantitative estimate of drug-likeness (QED) is 0.825. The van der Waals surface area contributed by atoms with Gasteiger partial charge in [0.25, 0.3) is 0 Å². The van der Waals surface area contributed by atoms with E-state index in [0.29, 0.717) is 5.91 Å². The molecule has 4 heteroatoms. The average molecular weight is 371 g/mol. The van der Waals surface area contributed by atoms with Crippen molar-refractivity contribution in [1.82, 2.24) is 4.90 Å². The molecule has 0 aromatic heterocycles. The van der Waals surface area contributed by atoms with E-state index < -0.39 is 0 Å². The largest absolute Gasteiger partial charge is 0.342 e. The van der Waals surface area contributed by atoms with Gasteiger partial charge in [0, 0.05) is 30.6 Å². The highest BCUT2D eigenvalue weighted by Gasteiger charge is 2.31. The minimum absolute atomic E-state index is 0.00928. The lowest BCUT2D eigenvalue weighted by molar-refractivity contribution is -0.139. The van der Waals surface area contributed by atoms with E-state index in [1.165, 1.54) is 30.4 Å². The normalized spacial score (nSPS) is 19.1. The van der Waals surface area contributed by atoms with Crippen LogP contribution in [0.3, 0.4) is 0 Å². The molecule has 0 atom stereocenters. The van der Waals surface area contributed by atoms with E-state index in [1.807, 2.05) is 4.90 Å². The van der Waals surface area contributed by atoms with Crippen LogP contribution >= 0.6 is 0 Å². The predicted molar refractivity (Wildman–Crippen MR) is 110 cm³/mol. The number of benzene rings is 1. The van der Waals surface area contributed by atoms with Crippen LogP contribution < -0.4 is 5.32 Å². The summed E-state index contributed by atoms with van der Waals surface area (Å²) >= 11 is 0. The lowest BCUT2D eigenvalue weighted by Gasteiger charge is -2.35. The predicted octanol–water partition coefficient (Wildman–Crippen LogP) is 4.57. The molecule has 4 nitrogen and oxygen atoms in total. The first-order valence-electron chi connectivity index (χ1n) is 10.8. The molecular formula is C23H34N2O2. The number of rotatable bonds is 5. The maximum atomic E-state index is 12.9. The number of carbonyl (C=O) groups excluding carboxylic acids is 2. The maximum Gasteiger partial charge on any atom is 0.227 e. The van der Waals surface area contributed by atoms with Gasteiger partial charge in [-0.15, -0.1) is 0 Å². The van der Waals surface area contributed by atoms with Crippen LogP contribution in [0.4, 0.5) is 5.69 Å². The zero-order valence-electron chi connectivity index (χ0n) is 16.9. The summed E-state index contributed by atoms with van der Waals surface area (Å²) in [4.78, 5) is 27.6. The number of hydrogen-bond acceptors (Lipinski definition) is 2. The molecular weight excluding hydrogens is 336 g/mol. The van der Waals surface area contributed by atoms with Crippen molar-refractivity contribution in [3.05, 3.63) is 29.3 Å². The molecule has 3 rings (SSSR count). The van der Waals surface area contributed by atoms with Crippen LogP contribution in [0, 0.1) is 11.8 Å². The number of piperidine rings is 1. The number of para-hydroxylation sites is 1. The van der Waals surface area contributed by atoms with Crippen molar-refractivity contribution < 1.29 is 9.59 Å². The highest BCUT2D eigenvalue weighted by molar-refractivity contribution is 5.94. The van der Waals surface area contributed by atoms with E-state index in [2.05, 4.69) is 37.4 Å². The molecule has 2 fully saturated rings. The highest BCUT2D eigenvalue weighted by atomic mass is 16.2. The van der Waals surface area contributed by atoms with Crippen molar-refractivity contribution in [3.63, 3.8) is 0 Å². The molecule has 2 amide bonds. The van der Waals surface area contributed by atoms with E-state index in [1.54, 1.807) is 0 Å². The van der Waals surface area contributed by atoms with Gasteiger partial charge in [-0.25, -0.2) is 0 Å². The van der Waals surface area contributed by atoms with Crippen LogP contribution in [0.25, 0.3) is 0 Å². The molecule has 1 aromatic carbocycles. The molecule has 0 bridgehead atoms. The molecule has 1 heterocycles. The molecule has 148 valence electrons. The fourth-order valence-corrected chi connectivity index (χ4v) is 4.60. The van der Waals surface area contributed by atoms with Gasteiger partial charge in [0.2, 0.25) is 11.8 Å². The Morgan fingerprint density at radius 3 is 2.07 bits per heavy atom. The zero-order chi connectivity index (χ0) is 19.2. The van der Waals surface area contributed by atoms with Crippen LogP contribution in [0.1, 0.15) is 69.9 Å². The van der Waals surface area contributed by atoms with Crippen LogP contribution in [0.2, 0.25) is 0 Å². The summed E-state index contributed by atoms with van der Waals surface area (Å²) in [5, 5.41) is 3.22. The molecule has 27 heavy (non-hydrogen) atoms. The van der Waals surface area contributed by atoms with Gasteiger partial charge in [-0.1, -0.05) is 51.3 Å². The third-order valence-electron chi connectivity index (χ3n) is 6.38. The van der Waals surface area contributed by atoms with Crippen molar-refractivity contribution in [3.8, 4) is 0 Å². The minimum atomic E-state index is 0.00928. The third-order valence-corrected chi connectivity index (χ3v) is 6.38. The second-order valence-electron chi connectivity index (χ2n) is 8.08. The number of nitrogens with one attached hydrogen (secondary N) is 1. The Balaban J connectivity index is 1.57. The van der Waals surface area contributed by atoms with Gasteiger partial charge in [0.1, 0.15) is 0 Å². The molecule has 0 radical (unpaired) electrons. The lowest BCUT2D eigenvalue weighted by Crippen LogP contribution is -2.44. The topological polar surface area (TPSA) is 49.4 Å². The van der Waals surface area contributed by atoms with Crippen LogP contribution in [0.15, 0.2) is 18.2 Å². The van der Waals surface area contributed by atoms with E-state index in [9.17, 15) is 9.59 Å². The highest BCUT2D eigenvalue weighted by Crippen LogP contribution is 2.29. The number of anilines is 1. The van der Waals surface area contributed by atoms with E-state index in [-0.39, 0.29) is 17.7 Å². The van der Waals surface area contributed by atoms with Gasteiger partial charge in [0.05, 0.1) is 0 Å². The minimum Gasteiger partial charge on any atom is -0.342 e. The summed E-state index contributed by atoms with van der Waals surface area (Å²) < 4.78 is 0. The molecule has 2 aliphatic rings. The van der Waals surface area contributed by atoms with Gasteiger partial charge in [-0.3, -0.25) is 9.59 Å². The number of aryl methyl sites for hydroxylation is 2. The second kappa shape index (κ2) is 9.38. The molecule has 1 saturated carbocycles. The van der Waals surface area contributed by atoms with Gasteiger partial charge < -0.3 is 10.2 Å². The van der Waals surface area contributed by atoms with E-state index in [0.717, 1.165) is 57.3 Å². The number of nitrogens with zero attached hydrogens (tertiary/aromatic N) is 1. The Kier molecular flexibility index (Phi) is 6.92. The van der Waals surface area contributed by atoms with Crippen LogP contribution in [-0.2, 0) is 22.4 Å². The lowest BCUT2D eigenvalue weighted by atomic mass is 9.87. The van der Waals surface area contributed by atoms with Crippen molar-refractivity contribution in [2.24, 2.45) is 11.8 Å². The smallest absolute Gasteiger partial charge is 0.227 e. The Labute approximate surface area is 163 Å². The number of hydrogen-bond donors (Lipinski definition) is 1. The number of likely N-dealkylation sites (tertiary alicyclic amines) is 1. The Morgan fingerprint density at radius 2 is 1.52 bits per heavy atom. The summed E-state index contributed by atoms with van der Waals surface area (Å²) in [6, 6.07) is 6.27. The van der Waals surface area contributed by atoms with Crippen LogP contribution in [-0.4, -0.2) is 29.8 Å². The second-order valence-corrected chi connectivity index (χ2v) is 8.08. The third kappa shape index (κ3) is 4.72. The summed E-state index contributed by atoms with van der Waals surface area (Å²) in [7, 11) is 0. The van der Waals surface area contributed by atoms with Gasteiger partial charge in [-0.05, 0) is 49.7 Å². The van der Waals surface area contributed by atoms with Gasteiger partial charge in [-0.2, -0.15) is 0 Å². The Morgan fingerprint density at radius 1 is 0.926 bits per heavy atom. The first kappa shape index (κ1) is 19.9. The van der Waals surface area contributed by atoms with Crippen molar-refractivity contribution in [1.29, 1.82) is 0 Å². The maximum absolute atomic E-state index is 12.9. The summed E-state index contributed by atoms with van der Waals surface area (Å²) in [5.41, 5.74) is 3.41. The molecule has 1 N–H and O–H groups in total. The van der Waals surface area contributed by atoms with Gasteiger partial charge >= 0.3 is 0 Å². The SMILES string of the molecule is CCc1cccc(CC)c1NC(=O)C1CCN(C(=O)C2CCCCC2)CC1. The standard InChI is InChI=1S/C23H34N2O2/c1-3-17-11-8-12-18(4-2)21(17)24-22(26)19-13-15-25(16-14-19)23(27)20-9-6-5-7-10-20/h8,11-12,19-20H,3-7,9-10,13-16H2,1-2H3,(H,24,26). The molecule has 0 unspecified atom stereocenters.